The zero-order valence-corrected chi connectivity index (χ0v) is 22.0. The van der Waals surface area contributed by atoms with Gasteiger partial charge in [-0.05, 0) is 66.1 Å². The maximum atomic E-state index is 13.1. The van der Waals surface area contributed by atoms with Gasteiger partial charge in [0.1, 0.15) is 5.70 Å². The van der Waals surface area contributed by atoms with Crippen LogP contribution in [-0.2, 0) is 9.59 Å². The number of nitro groups is 1. The fourth-order valence-corrected chi connectivity index (χ4v) is 4.66. The molecule has 39 heavy (non-hydrogen) atoms. The van der Waals surface area contributed by atoms with Gasteiger partial charge in [0, 0.05) is 38.8 Å². The number of rotatable bonds is 10. The lowest BCUT2D eigenvalue weighted by atomic mass is 10.2. The Morgan fingerprint density at radius 3 is 2.15 bits per heavy atom. The van der Waals surface area contributed by atoms with Crippen molar-refractivity contribution < 1.29 is 19.3 Å². The van der Waals surface area contributed by atoms with Crippen molar-refractivity contribution in [1.29, 1.82) is 0 Å². The molecule has 1 heterocycles. The second-order valence-corrected chi connectivity index (χ2v) is 10.0. The van der Waals surface area contributed by atoms with Crippen LogP contribution >= 0.6 is 23.1 Å². The molecule has 9 nitrogen and oxygen atoms in total. The number of nitrogens with zero attached hydrogens (tertiary/aromatic N) is 1. The van der Waals surface area contributed by atoms with Crippen molar-refractivity contribution in [3.05, 3.63) is 123 Å². The summed E-state index contributed by atoms with van der Waals surface area (Å²) in [7, 11) is 0. The highest BCUT2D eigenvalue weighted by Gasteiger charge is 2.15. The zero-order valence-electron chi connectivity index (χ0n) is 20.3. The molecule has 0 aliphatic heterocycles. The van der Waals surface area contributed by atoms with Crippen LogP contribution in [0.4, 0.5) is 17.1 Å². The predicted molar refractivity (Wildman–Crippen MR) is 154 cm³/mol. The Bertz CT molecular complexity index is 1490. The summed E-state index contributed by atoms with van der Waals surface area (Å²) in [5, 5.41) is 20.8. The van der Waals surface area contributed by atoms with Crippen molar-refractivity contribution in [2.45, 2.75) is 4.90 Å². The van der Waals surface area contributed by atoms with E-state index < -0.39 is 16.7 Å². The minimum absolute atomic E-state index is 0.0535. The first-order valence-corrected chi connectivity index (χ1v) is 13.4. The molecule has 0 fully saturated rings. The van der Waals surface area contributed by atoms with Crippen molar-refractivity contribution in [1.82, 2.24) is 5.32 Å². The molecule has 0 saturated heterocycles. The van der Waals surface area contributed by atoms with Crippen molar-refractivity contribution >= 4 is 64.0 Å². The third-order valence-electron chi connectivity index (χ3n) is 5.20. The lowest BCUT2D eigenvalue weighted by molar-refractivity contribution is -0.384. The predicted octanol–water partition coefficient (Wildman–Crippen LogP) is 5.80. The van der Waals surface area contributed by atoms with E-state index in [1.807, 2.05) is 17.5 Å². The van der Waals surface area contributed by atoms with Gasteiger partial charge in [-0.3, -0.25) is 24.5 Å². The van der Waals surface area contributed by atoms with Gasteiger partial charge >= 0.3 is 0 Å². The minimum Gasteiger partial charge on any atom is -0.325 e. The van der Waals surface area contributed by atoms with E-state index in [1.165, 1.54) is 47.4 Å². The van der Waals surface area contributed by atoms with Crippen molar-refractivity contribution in [2.75, 3.05) is 16.4 Å². The summed E-state index contributed by atoms with van der Waals surface area (Å²) in [6.07, 6.45) is 1.62. The molecule has 3 aromatic carbocycles. The number of hydrogen-bond acceptors (Lipinski definition) is 7. The average Bonchev–Trinajstić information content (AvgIpc) is 3.46. The number of non-ortho nitro benzene ring substituents is 1. The average molecular weight is 559 g/mol. The molecule has 0 radical (unpaired) electrons. The molecule has 4 rings (SSSR count). The van der Waals surface area contributed by atoms with Crippen LogP contribution in [0.5, 0.6) is 0 Å². The summed E-state index contributed by atoms with van der Waals surface area (Å²) >= 11 is 2.74. The maximum Gasteiger partial charge on any atom is 0.272 e. The first-order valence-electron chi connectivity index (χ1n) is 11.6. The van der Waals surface area contributed by atoms with E-state index >= 15 is 0 Å². The summed E-state index contributed by atoms with van der Waals surface area (Å²) in [6, 6.07) is 24.9. The minimum atomic E-state index is -0.505. The Morgan fingerprint density at radius 2 is 1.51 bits per heavy atom. The van der Waals surface area contributed by atoms with Gasteiger partial charge in [-0.2, -0.15) is 0 Å². The van der Waals surface area contributed by atoms with Gasteiger partial charge in [-0.1, -0.05) is 24.3 Å². The summed E-state index contributed by atoms with van der Waals surface area (Å²) in [5.41, 5.74) is 1.47. The van der Waals surface area contributed by atoms with Gasteiger partial charge in [0.25, 0.3) is 17.5 Å². The molecule has 4 aromatic rings. The summed E-state index contributed by atoms with van der Waals surface area (Å²) < 4.78 is 0. The molecular weight excluding hydrogens is 536 g/mol. The number of hydrogen-bond donors (Lipinski definition) is 3. The number of thiophene rings is 1. The highest BCUT2D eigenvalue weighted by Crippen LogP contribution is 2.22. The first-order chi connectivity index (χ1) is 18.9. The van der Waals surface area contributed by atoms with Crippen LogP contribution in [0.25, 0.3) is 6.08 Å². The highest BCUT2D eigenvalue weighted by atomic mass is 32.2. The fraction of sp³-hybridized carbons (Fsp3) is 0.0357. The number of nitro benzene ring substituents is 1. The molecule has 196 valence electrons. The monoisotopic (exact) mass is 558 g/mol. The van der Waals surface area contributed by atoms with Crippen LogP contribution < -0.4 is 16.0 Å². The number of anilines is 2. The molecule has 1 aromatic heterocycles. The SMILES string of the molecule is O=C(CSc1ccc(NC(=O)/C(=C/c2cccs2)NC(=O)c2ccccc2)cc1)Nc1ccc([N+](=O)[O-])cc1. The van der Waals surface area contributed by atoms with Crippen LogP contribution in [0.1, 0.15) is 15.2 Å². The smallest absolute Gasteiger partial charge is 0.272 e. The largest absolute Gasteiger partial charge is 0.325 e. The fourth-order valence-electron chi connectivity index (χ4n) is 3.30. The van der Waals surface area contributed by atoms with Crippen LogP contribution in [0, 0.1) is 10.1 Å². The van der Waals surface area contributed by atoms with E-state index in [9.17, 15) is 24.5 Å². The molecule has 11 heteroatoms. The zero-order chi connectivity index (χ0) is 27.6. The summed E-state index contributed by atoms with van der Waals surface area (Å²) in [4.78, 5) is 49.8. The van der Waals surface area contributed by atoms with Gasteiger partial charge in [0.15, 0.2) is 0 Å². The van der Waals surface area contributed by atoms with E-state index in [1.54, 1.807) is 60.7 Å². The highest BCUT2D eigenvalue weighted by molar-refractivity contribution is 8.00. The Morgan fingerprint density at radius 1 is 0.846 bits per heavy atom. The van der Waals surface area contributed by atoms with Crippen LogP contribution in [0.15, 0.2) is 107 Å². The first kappa shape index (κ1) is 27.3. The number of amides is 3. The van der Waals surface area contributed by atoms with E-state index in [4.69, 9.17) is 0 Å². The molecule has 0 aliphatic carbocycles. The maximum absolute atomic E-state index is 13.1. The molecular formula is C28H22N4O5S2. The Kier molecular flexibility index (Phi) is 9.22. The number of nitrogens with one attached hydrogen (secondary N) is 3. The Balaban J connectivity index is 1.34. The Labute approximate surface area is 232 Å². The van der Waals surface area contributed by atoms with Crippen LogP contribution in [-0.4, -0.2) is 28.4 Å². The lowest BCUT2D eigenvalue weighted by Crippen LogP contribution is -2.30. The van der Waals surface area contributed by atoms with Gasteiger partial charge < -0.3 is 16.0 Å². The summed E-state index contributed by atoms with van der Waals surface area (Å²) in [6.45, 7) is 0. The van der Waals surface area contributed by atoms with Crippen molar-refractivity contribution in [3.63, 3.8) is 0 Å². The second-order valence-electron chi connectivity index (χ2n) is 8.01. The van der Waals surface area contributed by atoms with Crippen LogP contribution in [0.2, 0.25) is 0 Å². The second kappa shape index (κ2) is 13.2. The van der Waals surface area contributed by atoms with E-state index in [2.05, 4.69) is 16.0 Å². The molecule has 3 N–H and O–H groups in total. The van der Waals surface area contributed by atoms with Gasteiger partial charge in [-0.25, -0.2) is 0 Å². The van der Waals surface area contributed by atoms with Crippen molar-refractivity contribution in [2.24, 2.45) is 0 Å². The van der Waals surface area contributed by atoms with E-state index in [0.29, 0.717) is 16.9 Å². The third-order valence-corrected chi connectivity index (χ3v) is 7.03. The number of thioether (sulfide) groups is 1. The Hall–Kier alpha value is -4.74. The number of carbonyl (C=O) groups excluding carboxylic acids is 3. The molecule has 0 aliphatic rings. The van der Waals surface area contributed by atoms with Crippen LogP contribution in [0.3, 0.4) is 0 Å². The quantitative estimate of drug-likeness (QED) is 0.0977. The number of benzene rings is 3. The molecule has 0 unspecified atom stereocenters. The third kappa shape index (κ3) is 8.12. The number of carbonyl (C=O) groups is 3. The van der Waals surface area contributed by atoms with Gasteiger partial charge in [0.2, 0.25) is 5.91 Å². The normalized spacial score (nSPS) is 10.9. The summed E-state index contributed by atoms with van der Waals surface area (Å²) in [5.74, 6) is -1.01. The molecule has 0 spiro atoms. The van der Waals surface area contributed by atoms with Gasteiger partial charge in [0.05, 0.1) is 10.7 Å². The molecule has 3 amide bonds. The van der Waals surface area contributed by atoms with Crippen molar-refractivity contribution in [3.8, 4) is 0 Å². The molecule has 0 bridgehead atoms. The van der Waals surface area contributed by atoms with E-state index in [-0.39, 0.29) is 23.0 Å². The standard InChI is InChI=1S/C28H22N4O5S2/c33-26(29-20-8-12-22(13-9-20)32(36)37)18-39-23-14-10-21(11-15-23)30-28(35)25(17-24-7-4-16-38-24)31-27(34)19-5-2-1-3-6-19/h1-17H,18H2,(H,29,33)(H,30,35)(H,31,34)/b25-17-. The topological polar surface area (TPSA) is 130 Å². The van der Waals surface area contributed by atoms with Gasteiger partial charge in [-0.15, -0.1) is 23.1 Å². The molecule has 0 atom stereocenters. The van der Waals surface area contributed by atoms with E-state index in [0.717, 1.165) is 9.77 Å². The lowest BCUT2D eigenvalue weighted by Gasteiger charge is -2.11. The molecule has 0 saturated carbocycles.